The van der Waals surface area contributed by atoms with Gasteiger partial charge in [-0.1, -0.05) is 6.07 Å². The van der Waals surface area contributed by atoms with E-state index < -0.39 is 0 Å². The summed E-state index contributed by atoms with van der Waals surface area (Å²) in [6.45, 7) is 2.24. The van der Waals surface area contributed by atoms with E-state index in [1.165, 1.54) is 6.07 Å². The summed E-state index contributed by atoms with van der Waals surface area (Å²) in [6, 6.07) is 8.39. The Morgan fingerprint density at radius 3 is 2.83 bits per heavy atom. The quantitative estimate of drug-likeness (QED) is 0.830. The maximum atomic E-state index is 13.5. The normalized spacial score (nSPS) is 10.2. The highest BCUT2D eigenvalue weighted by Gasteiger charge is 2.10. The highest BCUT2D eigenvalue weighted by Crippen LogP contribution is 2.31. The van der Waals surface area contributed by atoms with Crippen LogP contribution in [-0.4, -0.2) is 18.7 Å². The van der Waals surface area contributed by atoms with E-state index in [-0.39, 0.29) is 11.6 Å². The zero-order chi connectivity index (χ0) is 13.0. The second-order valence-electron chi connectivity index (χ2n) is 3.64. The second-order valence-corrected chi connectivity index (χ2v) is 3.64. The van der Waals surface area contributed by atoms with Gasteiger partial charge in [0.2, 0.25) is 5.88 Å². The number of halogens is 1. The van der Waals surface area contributed by atoms with Gasteiger partial charge in [0.15, 0.2) is 11.6 Å². The lowest BCUT2D eigenvalue weighted by Gasteiger charge is -2.10. The van der Waals surface area contributed by atoms with E-state index in [9.17, 15) is 4.39 Å². The zero-order valence-electron chi connectivity index (χ0n) is 10.3. The van der Waals surface area contributed by atoms with Crippen molar-refractivity contribution in [2.45, 2.75) is 6.92 Å². The summed E-state index contributed by atoms with van der Waals surface area (Å²) >= 11 is 0. The van der Waals surface area contributed by atoms with Crippen molar-refractivity contribution < 1.29 is 13.9 Å². The third kappa shape index (κ3) is 2.42. The Bertz CT molecular complexity index is 543. The fourth-order valence-corrected chi connectivity index (χ4v) is 1.71. The van der Waals surface area contributed by atoms with Gasteiger partial charge < -0.3 is 9.47 Å². The van der Waals surface area contributed by atoms with Crippen LogP contribution in [0.4, 0.5) is 4.39 Å². The third-order valence-electron chi connectivity index (χ3n) is 2.51. The average Bonchev–Trinajstić information content (AvgIpc) is 2.41. The summed E-state index contributed by atoms with van der Waals surface area (Å²) in [5.41, 5.74) is 1.62. The molecule has 0 atom stereocenters. The predicted octanol–water partition coefficient (Wildman–Crippen LogP) is 3.30. The SMILES string of the molecule is CCOc1cc(-c2cccnc2OC)ccc1F. The number of rotatable bonds is 4. The first-order chi connectivity index (χ1) is 8.76. The lowest BCUT2D eigenvalue weighted by atomic mass is 10.1. The van der Waals surface area contributed by atoms with E-state index in [0.717, 1.165) is 11.1 Å². The van der Waals surface area contributed by atoms with Crippen molar-refractivity contribution in [1.82, 2.24) is 4.98 Å². The number of hydrogen-bond donors (Lipinski definition) is 0. The summed E-state index contributed by atoms with van der Waals surface area (Å²) < 4.78 is 23.9. The highest BCUT2D eigenvalue weighted by molar-refractivity contribution is 5.69. The Kier molecular flexibility index (Phi) is 3.77. The molecule has 94 valence electrons. The van der Waals surface area contributed by atoms with Crippen LogP contribution < -0.4 is 9.47 Å². The Hall–Kier alpha value is -2.10. The molecule has 0 aliphatic heterocycles. The number of nitrogens with zero attached hydrogens (tertiary/aromatic N) is 1. The molecule has 0 unspecified atom stereocenters. The summed E-state index contributed by atoms with van der Waals surface area (Å²) in [6.07, 6.45) is 1.65. The van der Waals surface area contributed by atoms with Crippen LogP contribution in [0, 0.1) is 5.82 Å². The minimum Gasteiger partial charge on any atom is -0.491 e. The molecule has 4 heteroatoms. The molecule has 0 aliphatic rings. The van der Waals surface area contributed by atoms with Gasteiger partial charge in [-0.2, -0.15) is 0 Å². The molecule has 0 spiro atoms. The van der Waals surface area contributed by atoms with Gasteiger partial charge in [0.25, 0.3) is 0 Å². The van der Waals surface area contributed by atoms with Crippen molar-refractivity contribution in [3.05, 3.63) is 42.3 Å². The van der Waals surface area contributed by atoms with Crippen molar-refractivity contribution in [2.24, 2.45) is 0 Å². The van der Waals surface area contributed by atoms with E-state index in [0.29, 0.717) is 12.5 Å². The molecule has 0 fully saturated rings. The monoisotopic (exact) mass is 247 g/mol. The highest BCUT2D eigenvalue weighted by atomic mass is 19.1. The molecule has 3 nitrogen and oxygen atoms in total. The Morgan fingerprint density at radius 1 is 1.28 bits per heavy atom. The second kappa shape index (κ2) is 5.49. The lowest BCUT2D eigenvalue weighted by Crippen LogP contribution is -1.96. The van der Waals surface area contributed by atoms with E-state index in [4.69, 9.17) is 9.47 Å². The minimum absolute atomic E-state index is 0.237. The third-order valence-corrected chi connectivity index (χ3v) is 2.51. The van der Waals surface area contributed by atoms with Gasteiger partial charge in [-0.15, -0.1) is 0 Å². The first-order valence-electron chi connectivity index (χ1n) is 5.68. The number of methoxy groups -OCH3 is 1. The molecular formula is C14H14FNO2. The molecular weight excluding hydrogens is 233 g/mol. The summed E-state index contributed by atoms with van der Waals surface area (Å²) in [7, 11) is 1.55. The largest absolute Gasteiger partial charge is 0.491 e. The topological polar surface area (TPSA) is 31.4 Å². The maximum Gasteiger partial charge on any atom is 0.221 e. The molecule has 0 saturated carbocycles. The molecule has 0 radical (unpaired) electrons. The van der Waals surface area contributed by atoms with Crippen molar-refractivity contribution in [1.29, 1.82) is 0 Å². The fraction of sp³-hybridized carbons (Fsp3) is 0.214. The van der Waals surface area contributed by atoms with Crippen LogP contribution in [-0.2, 0) is 0 Å². The van der Waals surface area contributed by atoms with Gasteiger partial charge in [-0.05, 0) is 36.8 Å². The number of ether oxygens (including phenoxy) is 2. The molecule has 0 amide bonds. The minimum atomic E-state index is -0.372. The van der Waals surface area contributed by atoms with E-state index in [2.05, 4.69) is 4.98 Å². The van der Waals surface area contributed by atoms with Crippen molar-refractivity contribution in [2.75, 3.05) is 13.7 Å². The van der Waals surface area contributed by atoms with Crippen molar-refractivity contribution in [3.63, 3.8) is 0 Å². The molecule has 0 saturated heterocycles. The molecule has 1 aromatic heterocycles. The van der Waals surface area contributed by atoms with Crippen LogP contribution in [0.5, 0.6) is 11.6 Å². The number of hydrogen-bond acceptors (Lipinski definition) is 3. The van der Waals surface area contributed by atoms with Gasteiger partial charge in [0.05, 0.1) is 13.7 Å². The van der Waals surface area contributed by atoms with Gasteiger partial charge in [-0.25, -0.2) is 9.37 Å². The Morgan fingerprint density at radius 2 is 2.11 bits per heavy atom. The Labute approximate surface area is 105 Å². The van der Waals surface area contributed by atoms with Crippen molar-refractivity contribution in [3.8, 4) is 22.8 Å². The van der Waals surface area contributed by atoms with Gasteiger partial charge in [-0.3, -0.25) is 0 Å². The molecule has 18 heavy (non-hydrogen) atoms. The number of aromatic nitrogens is 1. The predicted molar refractivity (Wildman–Crippen MR) is 67.4 cm³/mol. The lowest BCUT2D eigenvalue weighted by molar-refractivity contribution is 0.321. The van der Waals surface area contributed by atoms with Crippen LogP contribution in [0.2, 0.25) is 0 Å². The van der Waals surface area contributed by atoms with E-state index in [1.54, 1.807) is 25.4 Å². The molecule has 1 aromatic carbocycles. The summed E-state index contributed by atoms with van der Waals surface area (Å²) in [5.74, 6) is 0.371. The summed E-state index contributed by atoms with van der Waals surface area (Å²) in [4.78, 5) is 4.11. The molecule has 2 rings (SSSR count). The van der Waals surface area contributed by atoms with E-state index in [1.807, 2.05) is 19.1 Å². The van der Waals surface area contributed by atoms with Crippen LogP contribution in [0.25, 0.3) is 11.1 Å². The van der Waals surface area contributed by atoms with E-state index >= 15 is 0 Å². The van der Waals surface area contributed by atoms with Crippen LogP contribution >= 0.6 is 0 Å². The van der Waals surface area contributed by atoms with Crippen molar-refractivity contribution >= 4 is 0 Å². The number of pyridine rings is 1. The van der Waals surface area contributed by atoms with Crippen LogP contribution in [0.1, 0.15) is 6.92 Å². The average molecular weight is 247 g/mol. The van der Waals surface area contributed by atoms with Crippen LogP contribution in [0.15, 0.2) is 36.5 Å². The standard InChI is InChI=1S/C14H14FNO2/c1-3-18-13-9-10(6-7-12(13)15)11-5-4-8-16-14(11)17-2/h4-9H,3H2,1-2H3. The first-order valence-corrected chi connectivity index (χ1v) is 5.68. The van der Waals surface area contributed by atoms with Gasteiger partial charge in [0.1, 0.15) is 0 Å². The molecule has 0 bridgehead atoms. The zero-order valence-corrected chi connectivity index (χ0v) is 10.3. The van der Waals surface area contributed by atoms with Gasteiger partial charge >= 0.3 is 0 Å². The molecule has 0 aliphatic carbocycles. The fourth-order valence-electron chi connectivity index (χ4n) is 1.71. The molecule has 0 N–H and O–H groups in total. The van der Waals surface area contributed by atoms with Gasteiger partial charge in [0, 0.05) is 11.8 Å². The summed E-state index contributed by atoms with van der Waals surface area (Å²) in [5, 5.41) is 0. The first kappa shape index (κ1) is 12.4. The molecule has 2 aromatic rings. The maximum absolute atomic E-state index is 13.5. The van der Waals surface area contributed by atoms with Crippen LogP contribution in [0.3, 0.4) is 0 Å². The smallest absolute Gasteiger partial charge is 0.221 e. The Balaban J connectivity index is 2.47. The number of benzene rings is 1. The molecule has 1 heterocycles.